The van der Waals surface area contributed by atoms with Crippen molar-refractivity contribution in [2.24, 2.45) is 0 Å². The molecule has 0 bridgehead atoms. The van der Waals surface area contributed by atoms with Crippen LogP contribution in [0.25, 0.3) is 0 Å². The van der Waals surface area contributed by atoms with Crippen LogP contribution in [0.3, 0.4) is 0 Å². The van der Waals surface area contributed by atoms with E-state index < -0.39 is 6.10 Å². The molecule has 24 heavy (non-hydrogen) atoms. The summed E-state index contributed by atoms with van der Waals surface area (Å²) < 4.78 is 0. The molecule has 128 valence electrons. The Balaban J connectivity index is 2.12. The van der Waals surface area contributed by atoms with Crippen molar-refractivity contribution in [3.05, 3.63) is 65.2 Å². The van der Waals surface area contributed by atoms with Crippen LogP contribution in [0.4, 0.5) is 0 Å². The summed E-state index contributed by atoms with van der Waals surface area (Å²) in [4.78, 5) is 14.4. The predicted molar refractivity (Wildman–Crippen MR) is 94.7 cm³/mol. The maximum absolute atomic E-state index is 12.7. The van der Waals surface area contributed by atoms with Crippen LogP contribution >= 0.6 is 0 Å². The zero-order chi connectivity index (χ0) is 17.5. The third-order valence-electron chi connectivity index (χ3n) is 4.10. The zero-order valence-electron chi connectivity index (χ0n) is 14.3. The van der Waals surface area contributed by atoms with Crippen molar-refractivity contribution in [1.29, 1.82) is 0 Å². The average molecular weight is 327 g/mol. The fourth-order valence-corrected chi connectivity index (χ4v) is 2.49. The maximum Gasteiger partial charge on any atom is 0.227 e. The quantitative estimate of drug-likeness (QED) is 0.822. The number of benzene rings is 2. The standard InChI is InChI=1S/C20H25NO3/c1-3-18(22)14-21(13-16-7-5-4-6-8-16)20(24)12-17-10-9-15(2)19(23)11-17/h4-11,18,22-23H,3,12-14H2,1-2H3. The highest BCUT2D eigenvalue weighted by molar-refractivity contribution is 5.79. The molecule has 2 aromatic carbocycles. The smallest absolute Gasteiger partial charge is 0.227 e. The monoisotopic (exact) mass is 327 g/mol. The molecular weight excluding hydrogens is 302 g/mol. The summed E-state index contributed by atoms with van der Waals surface area (Å²) in [6.07, 6.45) is 0.269. The third kappa shape index (κ3) is 5.10. The molecule has 1 amide bonds. The Bertz CT molecular complexity index is 670. The zero-order valence-corrected chi connectivity index (χ0v) is 14.3. The summed E-state index contributed by atoms with van der Waals surface area (Å²) in [6, 6.07) is 15.0. The van der Waals surface area contributed by atoms with Crippen molar-refractivity contribution >= 4 is 5.91 Å². The first kappa shape index (κ1) is 18.0. The summed E-state index contributed by atoms with van der Waals surface area (Å²) >= 11 is 0. The Morgan fingerprint density at radius 2 is 1.83 bits per heavy atom. The Hall–Kier alpha value is -2.33. The molecule has 0 spiro atoms. The van der Waals surface area contributed by atoms with Crippen molar-refractivity contribution in [3.8, 4) is 5.75 Å². The number of hydrogen-bond acceptors (Lipinski definition) is 3. The van der Waals surface area contributed by atoms with Crippen LogP contribution in [0.1, 0.15) is 30.0 Å². The molecule has 2 N–H and O–H groups in total. The van der Waals surface area contributed by atoms with E-state index in [2.05, 4.69) is 0 Å². The second-order valence-electron chi connectivity index (χ2n) is 6.12. The third-order valence-corrected chi connectivity index (χ3v) is 4.10. The number of amides is 1. The number of rotatable bonds is 7. The van der Waals surface area contributed by atoms with Crippen LogP contribution in [0.15, 0.2) is 48.5 Å². The van der Waals surface area contributed by atoms with Crippen molar-refractivity contribution in [3.63, 3.8) is 0 Å². The van der Waals surface area contributed by atoms with Gasteiger partial charge in [0.2, 0.25) is 5.91 Å². The summed E-state index contributed by atoms with van der Waals surface area (Å²) in [7, 11) is 0. The van der Waals surface area contributed by atoms with E-state index in [0.717, 1.165) is 16.7 Å². The van der Waals surface area contributed by atoms with Gasteiger partial charge in [0, 0.05) is 13.1 Å². The number of phenols is 1. The van der Waals surface area contributed by atoms with Gasteiger partial charge in [-0.2, -0.15) is 0 Å². The Labute approximate surface area is 143 Å². The van der Waals surface area contributed by atoms with Crippen LogP contribution in [0.2, 0.25) is 0 Å². The fraction of sp³-hybridized carbons (Fsp3) is 0.350. The molecule has 0 fully saturated rings. The van der Waals surface area contributed by atoms with E-state index in [1.807, 2.05) is 50.2 Å². The molecule has 0 saturated heterocycles. The number of nitrogens with zero attached hydrogens (tertiary/aromatic N) is 1. The van der Waals surface area contributed by atoms with Gasteiger partial charge >= 0.3 is 0 Å². The average Bonchev–Trinajstić information content (AvgIpc) is 2.58. The molecule has 0 heterocycles. The van der Waals surface area contributed by atoms with E-state index >= 15 is 0 Å². The number of carbonyl (C=O) groups excluding carboxylic acids is 1. The van der Waals surface area contributed by atoms with Gasteiger partial charge in [-0.3, -0.25) is 4.79 Å². The van der Waals surface area contributed by atoms with Crippen LogP contribution in [0.5, 0.6) is 5.75 Å². The SMILES string of the molecule is CCC(O)CN(Cc1ccccc1)C(=O)Cc1ccc(C)c(O)c1. The molecule has 0 radical (unpaired) electrons. The first-order chi connectivity index (χ1) is 11.5. The highest BCUT2D eigenvalue weighted by Gasteiger charge is 2.18. The normalized spacial score (nSPS) is 12.0. The van der Waals surface area contributed by atoms with E-state index in [9.17, 15) is 15.0 Å². The van der Waals surface area contributed by atoms with Crippen molar-refractivity contribution in [2.75, 3.05) is 6.54 Å². The molecule has 2 rings (SSSR count). The second-order valence-corrected chi connectivity index (χ2v) is 6.12. The van der Waals surface area contributed by atoms with Gasteiger partial charge in [-0.05, 0) is 36.1 Å². The first-order valence-electron chi connectivity index (χ1n) is 8.27. The fourth-order valence-electron chi connectivity index (χ4n) is 2.49. The van der Waals surface area contributed by atoms with E-state index in [1.54, 1.807) is 17.0 Å². The lowest BCUT2D eigenvalue weighted by atomic mass is 10.1. The van der Waals surface area contributed by atoms with Gasteiger partial charge in [0.05, 0.1) is 12.5 Å². The van der Waals surface area contributed by atoms with Gasteiger partial charge in [0.15, 0.2) is 0 Å². The van der Waals surface area contributed by atoms with Gasteiger partial charge in [-0.1, -0.05) is 49.4 Å². The predicted octanol–water partition coefficient (Wildman–Crippen LogP) is 3.04. The molecule has 0 aliphatic rings. The number of aromatic hydroxyl groups is 1. The minimum Gasteiger partial charge on any atom is -0.508 e. The van der Waals surface area contributed by atoms with Crippen LogP contribution in [0, 0.1) is 6.92 Å². The summed E-state index contributed by atoms with van der Waals surface area (Å²) in [5.41, 5.74) is 2.59. The number of aryl methyl sites for hydroxylation is 1. The van der Waals surface area contributed by atoms with Crippen LogP contribution in [-0.2, 0) is 17.8 Å². The molecule has 0 aromatic heterocycles. The lowest BCUT2D eigenvalue weighted by Crippen LogP contribution is -2.37. The largest absolute Gasteiger partial charge is 0.508 e. The van der Waals surface area contributed by atoms with E-state index in [0.29, 0.717) is 19.5 Å². The first-order valence-corrected chi connectivity index (χ1v) is 8.27. The molecule has 1 atom stereocenters. The van der Waals surface area contributed by atoms with Crippen molar-refractivity contribution in [1.82, 2.24) is 4.90 Å². The van der Waals surface area contributed by atoms with Crippen LogP contribution < -0.4 is 0 Å². The Morgan fingerprint density at radius 1 is 1.12 bits per heavy atom. The van der Waals surface area contributed by atoms with E-state index in [4.69, 9.17) is 0 Å². The van der Waals surface area contributed by atoms with Gasteiger partial charge < -0.3 is 15.1 Å². The number of carbonyl (C=O) groups is 1. The molecule has 1 unspecified atom stereocenters. The highest BCUT2D eigenvalue weighted by Crippen LogP contribution is 2.18. The minimum absolute atomic E-state index is 0.0605. The van der Waals surface area contributed by atoms with E-state index in [1.165, 1.54) is 0 Å². The van der Waals surface area contributed by atoms with Gasteiger partial charge in [0.25, 0.3) is 0 Å². The number of hydrogen-bond donors (Lipinski definition) is 2. The van der Waals surface area contributed by atoms with E-state index in [-0.39, 0.29) is 18.1 Å². The molecule has 0 saturated carbocycles. The highest BCUT2D eigenvalue weighted by atomic mass is 16.3. The lowest BCUT2D eigenvalue weighted by molar-refractivity contribution is -0.132. The van der Waals surface area contributed by atoms with Gasteiger partial charge in [-0.25, -0.2) is 0 Å². The van der Waals surface area contributed by atoms with Crippen molar-refractivity contribution < 1.29 is 15.0 Å². The molecule has 4 heteroatoms. The maximum atomic E-state index is 12.7. The Morgan fingerprint density at radius 3 is 2.46 bits per heavy atom. The number of aliphatic hydroxyl groups is 1. The van der Waals surface area contributed by atoms with Crippen molar-refractivity contribution in [2.45, 2.75) is 39.3 Å². The summed E-state index contributed by atoms with van der Waals surface area (Å²) in [5, 5.41) is 19.8. The topological polar surface area (TPSA) is 60.8 Å². The number of phenolic OH excluding ortho intramolecular Hbond substituents is 1. The molecule has 4 nitrogen and oxygen atoms in total. The summed E-state index contributed by atoms with van der Waals surface area (Å²) in [6.45, 7) is 4.49. The number of aliphatic hydroxyl groups excluding tert-OH is 1. The molecule has 2 aromatic rings. The second kappa shape index (κ2) is 8.50. The van der Waals surface area contributed by atoms with Gasteiger partial charge in [0.1, 0.15) is 5.75 Å². The van der Waals surface area contributed by atoms with Gasteiger partial charge in [-0.15, -0.1) is 0 Å². The minimum atomic E-state index is -0.538. The van der Waals surface area contributed by atoms with Crippen LogP contribution in [-0.4, -0.2) is 33.7 Å². The molecular formula is C20H25NO3. The molecule has 0 aliphatic heterocycles. The molecule has 0 aliphatic carbocycles. The summed E-state index contributed by atoms with van der Waals surface area (Å²) in [5.74, 6) is 0.137. The Kier molecular flexibility index (Phi) is 6.38. The lowest BCUT2D eigenvalue weighted by Gasteiger charge is -2.25.